The lowest BCUT2D eigenvalue weighted by molar-refractivity contribution is 0.0942. The van der Waals surface area contributed by atoms with Crippen LogP contribution in [0.1, 0.15) is 15.4 Å². The van der Waals surface area contributed by atoms with Crippen molar-refractivity contribution in [2.45, 2.75) is 19.5 Å². The fraction of sp³-hybridized carbons (Fsp3) is 0.353. The van der Waals surface area contributed by atoms with Crippen LogP contribution in [0.4, 0.5) is 5.69 Å². The van der Waals surface area contributed by atoms with E-state index < -0.39 is 0 Å². The van der Waals surface area contributed by atoms with Crippen molar-refractivity contribution >= 4 is 22.9 Å². The summed E-state index contributed by atoms with van der Waals surface area (Å²) < 4.78 is 7.84. The largest absolute Gasteiger partial charge is 0.488 e. The second-order valence-corrected chi connectivity index (χ2v) is 7.59. The Hall–Kier alpha value is -2.81. The predicted octanol–water partition coefficient (Wildman–Crippen LogP) is 1.65. The molecule has 0 saturated carbocycles. The van der Waals surface area contributed by atoms with Gasteiger partial charge in [-0.2, -0.15) is 10.2 Å². The summed E-state index contributed by atoms with van der Waals surface area (Å²) in [7, 11) is 0. The van der Waals surface area contributed by atoms with Crippen LogP contribution in [0, 0.1) is 6.92 Å². The van der Waals surface area contributed by atoms with Crippen molar-refractivity contribution in [1.29, 1.82) is 0 Å². The molecule has 2 N–H and O–H groups in total. The number of nitrogens with one attached hydrogen (secondary N) is 2. The monoisotopic (exact) mass is 370 g/mol. The van der Waals surface area contributed by atoms with Crippen molar-refractivity contribution in [1.82, 2.24) is 25.3 Å². The van der Waals surface area contributed by atoms with E-state index in [1.165, 1.54) is 11.3 Å². The minimum Gasteiger partial charge on any atom is -0.488 e. The summed E-state index contributed by atoms with van der Waals surface area (Å²) in [6.45, 7) is 4.72. The minimum absolute atomic E-state index is 0.00951. The summed E-state index contributed by atoms with van der Waals surface area (Å²) in [4.78, 5) is 16.8. The first-order chi connectivity index (χ1) is 12.7. The van der Waals surface area contributed by atoms with Crippen LogP contribution < -0.4 is 15.0 Å². The molecule has 1 atom stereocenters. The molecule has 0 fully saturated rings. The van der Waals surface area contributed by atoms with E-state index in [-0.39, 0.29) is 11.9 Å². The summed E-state index contributed by atoms with van der Waals surface area (Å²) in [6, 6.07) is 1.96. The van der Waals surface area contributed by atoms with Gasteiger partial charge in [0, 0.05) is 24.5 Å². The van der Waals surface area contributed by atoms with Crippen LogP contribution in [0.2, 0.25) is 0 Å². The number of aryl methyl sites for hydroxylation is 1. The second kappa shape index (κ2) is 5.87. The minimum atomic E-state index is -0.0529. The molecule has 5 heterocycles. The van der Waals surface area contributed by atoms with Crippen molar-refractivity contribution in [2.75, 3.05) is 24.6 Å². The number of hydrogen-bond donors (Lipinski definition) is 2. The van der Waals surface area contributed by atoms with E-state index in [9.17, 15) is 4.79 Å². The molecular formula is C17H18N6O2S. The van der Waals surface area contributed by atoms with E-state index in [1.54, 1.807) is 6.20 Å². The lowest BCUT2D eigenvalue weighted by Crippen LogP contribution is -2.45. The van der Waals surface area contributed by atoms with Crippen LogP contribution in [-0.2, 0) is 6.54 Å². The number of thiophene rings is 1. The number of carbonyl (C=O) groups is 1. The van der Waals surface area contributed by atoms with Crippen LogP contribution in [0.5, 0.6) is 5.75 Å². The smallest absolute Gasteiger partial charge is 0.264 e. The first kappa shape index (κ1) is 15.4. The highest BCUT2D eigenvalue weighted by molar-refractivity contribution is 7.18. The molecule has 0 bridgehead atoms. The standard InChI is InChI=1S/C17H18N6O2S/c1-10-2-3-23(21-10)9-12-8-22-4-5-25-14-13(22)16(17(24)20-12)26-15(14)11-6-18-19-7-11/h2-3,6-7,12H,4-5,8-9H2,1H3,(H,18,19)(H,20,24)/t12-/m1/s1. The second-order valence-electron chi connectivity index (χ2n) is 6.57. The highest BCUT2D eigenvalue weighted by atomic mass is 32.1. The number of ether oxygens (including phenoxy) is 1. The maximum atomic E-state index is 12.9. The molecule has 26 heavy (non-hydrogen) atoms. The van der Waals surface area contributed by atoms with Crippen LogP contribution in [-0.4, -0.2) is 51.6 Å². The number of aromatic nitrogens is 4. The summed E-state index contributed by atoms with van der Waals surface area (Å²) in [5.41, 5.74) is 2.83. The molecule has 9 heteroatoms. The van der Waals surface area contributed by atoms with Gasteiger partial charge in [0.25, 0.3) is 5.91 Å². The highest BCUT2D eigenvalue weighted by Gasteiger charge is 2.36. The number of carbonyl (C=O) groups excluding carboxylic acids is 1. The van der Waals surface area contributed by atoms with Crippen LogP contribution in [0.15, 0.2) is 24.7 Å². The van der Waals surface area contributed by atoms with Gasteiger partial charge in [-0.3, -0.25) is 14.6 Å². The number of rotatable bonds is 3. The van der Waals surface area contributed by atoms with Crippen molar-refractivity contribution in [2.24, 2.45) is 0 Å². The molecular weight excluding hydrogens is 352 g/mol. The third-order valence-corrected chi connectivity index (χ3v) is 5.90. The average molecular weight is 370 g/mol. The maximum absolute atomic E-state index is 12.9. The average Bonchev–Trinajstić information content (AvgIpc) is 3.32. The van der Waals surface area contributed by atoms with Gasteiger partial charge >= 0.3 is 0 Å². The first-order valence-corrected chi connectivity index (χ1v) is 9.35. The Kier molecular flexibility index (Phi) is 3.49. The molecule has 8 nitrogen and oxygen atoms in total. The molecule has 2 aliphatic heterocycles. The number of amides is 1. The van der Waals surface area contributed by atoms with Crippen molar-refractivity contribution in [3.8, 4) is 16.2 Å². The van der Waals surface area contributed by atoms with E-state index in [2.05, 4.69) is 25.5 Å². The van der Waals surface area contributed by atoms with Gasteiger partial charge < -0.3 is 15.0 Å². The molecule has 0 radical (unpaired) electrons. The van der Waals surface area contributed by atoms with Gasteiger partial charge in [0.15, 0.2) is 5.75 Å². The van der Waals surface area contributed by atoms with E-state index >= 15 is 0 Å². The number of H-pyrrole nitrogens is 1. The molecule has 0 unspecified atom stereocenters. The topological polar surface area (TPSA) is 88.1 Å². The quantitative estimate of drug-likeness (QED) is 0.732. The zero-order valence-electron chi connectivity index (χ0n) is 14.2. The van der Waals surface area contributed by atoms with Gasteiger partial charge in [-0.25, -0.2) is 0 Å². The zero-order chi connectivity index (χ0) is 17.7. The van der Waals surface area contributed by atoms with Crippen molar-refractivity contribution in [3.63, 3.8) is 0 Å². The van der Waals surface area contributed by atoms with E-state index in [4.69, 9.17) is 4.74 Å². The Morgan fingerprint density at radius 1 is 1.42 bits per heavy atom. The number of hydrogen-bond acceptors (Lipinski definition) is 6. The fourth-order valence-corrected chi connectivity index (χ4v) is 4.71. The number of aromatic amines is 1. The molecule has 0 aromatic carbocycles. The Morgan fingerprint density at radius 2 is 2.35 bits per heavy atom. The molecule has 0 saturated heterocycles. The van der Waals surface area contributed by atoms with Gasteiger partial charge in [-0.05, 0) is 13.0 Å². The molecule has 1 amide bonds. The van der Waals surface area contributed by atoms with Gasteiger partial charge in [0.05, 0.1) is 35.9 Å². The van der Waals surface area contributed by atoms with Gasteiger partial charge in [0.2, 0.25) is 0 Å². The predicted molar refractivity (Wildman–Crippen MR) is 97.8 cm³/mol. The molecule has 134 valence electrons. The summed E-state index contributed by atoms with van der Waals surface area (Å²) in [5, 5.41) is 14.4. The van der Waals surface area contributed by atoms with E-state index in [0.717, 1.165) is 40.7 Å². The Morgan fingerprint density at radius 3 is 3.12 bits per heavy atom. The lowest BCUT2D eigenvalue weighted by Gasteiger charge is -2.31. The fourth-order valence-electron chi connectivity index (χ4n) is 3.56. The summed E-state index contributed by atoms with van der Waals surface area (Å²) >= 11 is 1.46. The lowest BCUT2D eigenvalue weighted by atomic mass is 10.2. The van der Waals surface area contributed by atoms with Gasteiger partial charge in [-0.1, -0.05) is 0 Å². The molecule has 2 aliphatic rings. The highest BCUT2D eigenvalue weighted by Crippen LogP contribution is 2.50. The van der Waals surface area contributed by atoms with Crippen molar-refractivity contribution in [3.05, 3.63) is 35.2 Å². The third kappa shape index (κ3) is 2.47. The Bertz CT molecular complexity index is 960. The molecule has 3 aromatic rings. The molecule has 5 rings (SSSR count). The molecule has 0 spiro atoms. The van der Waals surface area contributed by atoms with Gasteiger partial charge in [-0.15, -0.1) is 11.3 Å². The van der Waals surface area contributed by atoms with Crippen LogP contribution in [0.3, 0.4) is 0 Å². The molecule has 0 aliphatic carbocycles. The maximum Gasteiger partial charge on any atom is 0.264 e. The normalized spacial score (nSPS) is 18.9. The van der Waals surface area contributed by atoms with E-state index in [0.29, 0.717) is 18.0 Å². The summed E-state index contributed by atoms with van der Waals surface area (Å²) in [6.07, 6.45) is 5.53. The first-order valence-electron chi connectivity index (χ1n) is 8.53. The number of anilines is 1. The van der Waals surface area contributed by atoms with Crippen LogP contribution >= 0.6 is 11.3 Å². The Balaban J connectivity index is 1.50. The third-order valence-electron chi connectivity index (χ3n) is 4.69. The van der Waals surface area contributed by atoms with E-state index in [1.807, 2.05) is 30.1 Å². The van der Waals surface area contributed by atoms with Crippen LogP contribution in [0.25, 0.3) is 10.4 Å². The van der Waals surface area contributed by atoms with Gasteiger partial charge in [0.1, 0.15) is 17.2 Å². The summed E-state index contributed by atoms with van der Waals surface area (Å²) in [5.74, 6) is 0.742. The SMILES string of the molecule is Cc1ccn(C[C@H]2CN3CCOc4c(-c5cn[nH]c5)sc(c43)C(=O)N2)n1. The number of nitrogens with zero attached hydrogens (tertiary/aromatic N) is 4. The molecule has 3 aromatic heterocycles. The Labute approximate surface area is 153 Å². The van der Waals surface area contributed by atoms with Crippen molar-refractivity contribution < 1.29 is 9.53 Å². The zero-order valence-corrected chi connectivity index (χ0v) is 15.0.